The van der Waals surface area contributed by atoms with Crippen molar-refractivity contribution in [3.8, 4) is 0 Å². The van der Waals surface area contributed by atoms with Crippen LogP contribution in [-0.2, 0) is 0 Å². The molecule has 0 aromatic carbocycles. The third-order valence-corrected chi connectivity index (χ3v) is 3.67. The SMILES string of the molecule is CCNCC(N)(CS)NCC(N)(CS)NCC. The molecule has 0 rings (SSSR count). The smallest absolute Gasteiger partial charge is 0.0881 e. The highest BCUT2D eigenvalue weighted by Gasteiger charge is 2.28. The van der Waals surface area contributed by atoms with Crippen molar-refractivity contribution in [2.45, 2.75) is 25.2 Å². The van der Waals surface area contributed by atoms with E-state index in [0.29, 0.717) is 24.6 Å². The van der Waals surface area contributed by atoms with Crippen LogP contribution >= 0.6 is 25.3 Å². The molecule has 0 amide bonds. The van der Waals surface area contributed by atoms with Crippen LogP contribution in [0.1, 0.15) is 13.8 Å². The number of likely N-dealkylation sites (N-methyl/N-ethyl adjacent to an activating group) is 2. The van der Waals surface area contributed by atoms with Gasteiger partial charge < -0.3 is 16.8 Å². The fraction of sp³-hybridized carbons (Fsp3) is 1.00. The minimum atomic E-state index is -0.553. The highest BCUT2D eigenvalue weighted by Crippen LogP contribution is 2.02. The minimum absolute atomic E-state index is 0.536. The first-order valence-corrected chi connectivity index (χ1v) is 7.22. The van der Waals surface area contributed by atoms with E-state index >= 15 is 0 Å². The molecule has 0 aliphatic heterocycles. The molecule has 17 heavy (non-hydrogen) atoms. The topological polar surface area (TPSA) is 88.1 Å². The highest BCUT2D eigenvalue weighted by molar-refractivity contribution is 7.80. The maximum atomic E-state index is 6.18. The lowest BCUT2D eigenvalue weighted by Gasteiger charge is -2.36. The Morgan fingerprint density at radius 2 is 1.41 bits per heavy atom. The summed E-state index contributed by atoms with van der Waals surface area (Å²) in [4.78, 5) is 0. The van der Waals surface area contributed by atoms with Crippen LogP contribution in [0.3, 0.4) is 0 Å². The second kappa shape index (κ2) is 8.58. The molecule has 0 aromatic heterocycles. The average molecular weight is 281 g/mol. The van der Waals surface area contributed by atoms with Gasteiger partial charge in [-0.05, 0) is 13.1 Å². The molecule has 0 heterocycles. The monoisotopic (exact) mass is 281 g/mol. The standard InChI is InChI=1S/C10H27N5S2/c1-3-13-5-9(11,7-16)15-6-10(12,8-17)14-4-2/h13-17H,3-8,11-12H2,1-2H3. The van der Waals surface area contributed by atoms with E-state index in [1.54, 1.807) is 0 Å². The van der Waals surface area contributed by atoms with E-state index in [4.69, 9.17) is 11.5 Å². The van der Waals surface area contributed by atoms with E-state index in [1.165, 1.54) is 0 Å². The normalized spacial score (nSPS) is 18.7. The summed E-state index contributed by atoms with van der Waals surface area (Å²) in [6, 6.07) is 0. The molecule has 0 saturated carbocycles. The quantitative estimate of drug-likeness (QED) is 0.205. The summed E-state index contributed by atoms with van der Waals surface area (Å²) in [7, 11) is 0. The van der Waals surface area contributed by atoms with Gasteiger partial charge in [0.1, 0.15) is 0 Å². The van der Waals surface area contributed by atoms with Crippen LogP contribution in [0.2, 0.25) is 0 Å². The molecule has 7 N–H and O–H groups in total. The van der Waals surface area contributed by atoms with Gasteiger partial charge in [-0.3, -0.25) is 10.6 Å². The summed E-state index contributed by atoms with van der Waals surface area (Å²) < 4.78 is 0. The summed E-state index contributed by atoms with van der Waals surface area (Å²) >= 11 is 8.54. The van der Waals surface area contributed by atoms with Crippen molar-refractivity contribution in [1.29, 1.82) is 0 Å². The second-order valence-corrected chi connectivity index (χ2v) is 4.93. The van der Waals surface area contributed by atoms with Crippen LogP contribution in [0.15, 0.2) is 0 Å². The first kappa shape index (κ1) is 17.5. The maximum Gasteiger partial charge on any atom is 0.0881 e. The van der Waals surface area contributed by atoms with Crippen LogP contribution in [0.4, 0.5) is 0 Å². The number of nitrogens with two attached hydrogens (primary N) is 2. The Morgan fingerprint density at radius 1 is 0.882 bits per heavy atom. The Kier molecular flexibility index (Phi) is 8.83. The molecule has 0 bridgehead atoms. The van der Waals surface area contributed by atoms with Gasteiger partial charge in [-0.1, -0.05) is 13.8 Å². The fourth-order valence-corrected chi connectivity index (χ4v) is 1.83. The predicted molar refractivity (Wildman–Crippen MR) is 81.8 cm³/mol. The predicted octanol–water partition coefficient (Wildman–Crippen LogP) is -1.04. The minimum Gasteiger partial charge on any atom is -0.314 e. The molecule has 0 spiro atoms. The van der Waals surface area contributed by atoms with E-state index in [0.717, 1.165) is 13.1 Å². The number of rotatable bonds is 10. The van der Waals surface area contributed by atoms with Gasteiger partial charge in [0.2, 0.25) is 0 Å². The lowest BCUT2D eigenvalue weighted by Crippen LogP contribution is -2.69. The zero-order valence-corrected chi connectivity index (χ0v) is 12.6. The van der Waals surface area contributed by atoms with Crippen molar-refractivity contribution in [1.82, 2.24) is 16.0 Å². The summed E-state index contributed by atoms with van der Waals surface area (Å²) in [5.74, 6) is 1.08. The third kappa shape index (κ3) is 6.85. The van der Waals surface area contributed by atoms with Crippen molar-refractivity contribution in [3.05, 3.63) is 0 Å². The first-order valence-electron chi connectivity index (χ1n) is 5.95. The summed E-state index contributed by atoms with van der Waals surface area (Å²) in [5, 5.41) is 9.67. The Labute approximate surface area is 116 Å². The van der Waals surface area contributed by atoms with Crippen molar-refractivity contribution in [2.24, 2.45) is 11.5 Å². The molecular formula is C10H27N5S2. The molecule has 0 aromatic rings. The first-order chi connectivity index (χ1) is 7.95. The highest BCUT2D eigenvalue weighted by atomic mass is 32.1. The van der Waals surface area contributed by atoms with Crippen molar-refractivity contribution in [3.63, 3.8) is 0 Å². The van der Waals surface area contributed by atoms with Gasteiger partial charge >= 0.3 is 0 Å². The third-order valence-electron chi connectivity index (χ3n) is 2.54. The summed E-state index contributed by atoms with van der Waals surface area (Å²) in [6.07, 6.45) is 0. The molecule has 0 saturated heterocycles. The number of nitrogens with one attached hydrogen (secondary N) is 3. The molecule has 0 radical (unpaired) electrons. The van der Waals surface area contributed by atoms with Gasteiger partial charge in [0, 0.05) is 24.6 Å². The van der Waals surface area contributed by atoms with Crippen molar-refractivity contribution in [2.75, 3.05) is 37.7 Å². The number of thiol groups is 2. The van der Waals surface area contributed by atoms with E-state index in [-0.39, 0.29) is 0 Å². The van der Waals surface area contributed by atoms with Crippen LogP contribution in [-0.4, -0.2) is 49.0 Å². The van der Waals surface area contributed by atoms with Crippen LogP contribution < -0.4 is 27.4 Å². The van der Waals surface area contributed by atoms with Gasteiger partial charge in [-0.15, -0.1) is 0 Å². The zero-order chi connectivity index (χ0) is 13.4. The molecule has 2 unspecified atom stereocenters. The van der Waals surface area contributed by atoms with E-state index in [1.807, 2.05) is 13.8 Å². The fourth-order valence-electron chi connectivity index (χ4n) is 1.38. The zero-order valence-electron chi connectivity index (χ0n) is 10.8. The lowest BCUT2D eigenvalue weighted by atomic mass is 10.1. The molecule has 0 aliphatic rings. The molecule has 0 aliphatic carbocycles. The van der Waals surface area contributed by atoms with Crippen LogP contribution in [0.25, 0.3) is 0 Å². The van der Waals surface area contributed by atoms with Gasteiger partial charge in [-0.2, -0.15) is 25.3 Å². The van der Waals surface area contributed by atoms with Crippen molar-refractivity contribution >= 4 is 25.3 Å². The maximum absolute atomic E-state index is 6.18. The average Bonchev–Trinajstić information content (AvgIpc) is 2.34. The Morgan fingerprint density at radius 3 is 1.82 bits per heavy atom. The van der Waals surface area contributed by atoms with E-state index in [2.05, 4.69) is 41.2 Å². The van der Waals surface area contributed by atoms with Gasteiger partial charge in [0.15, 0.2) is 0 Å². The van der Waals surface area contributed by atoms with Gasteiger partial charge in [0.25, 0.3) is 0 Å². The molecular weight excluding hydrogens is 254 g/mol. The van der Waals surface area contributed by atoms with E-state index < -0.39 is 11.3 Å². The summed E-state index contributed by atoms with van der Waals surface area (Å²) in [6.45, 7) is 6.93. The van der Waals surface area contributed by atoms with Crippen molar-refractivity contribution < 1.29 is 0 Å². The summed E-state index contributed by atoms with van der Waals surface area (Å²) in [5.41, 5.74) is 11.2. The lowest BCUT2D eigenvalue weighted by molar-refractivity contribution is 0.285. The molecule has 7 heteroatoms. The Bertz CT molecular complexity index is 207. The molecule has 104 valence electrons. The van der Waals surface area contributed by atoms with E-state index in [9.17, 15) is 0 Å². The molecule has 0 fully saturated rings. The largest absolute Gasteiger partial charge is 0.314 e. The Hall–Kier alpha value is 0.500. The van der Waals surface area contributed by atoms with Crippen LogP contribution in [0, 0.1) is 0 Å². The molecule has 2 atom stereocenters. The molecule has 5 nitrogen and oxygen atoms in total. The number of hydrogen-bond donors (Lipinski definition) is 7. The second-order valence-electron chi connectivity index (χ2n) is 4.29. The Balaban J connectivity index is 4.27. The van der Waals surface area contributed by atoms with Crippen LogP contribution in [0.5, 0.6) is 0 Å². The number of hydrogen-bond acceptors (Lipinski definition) is 7. The van der Waals surface area contributed by atoms with Gasteiger partial charge in [0.05, 0.1) is 11.3 Å². The van der Waals surface area contributed by atoms with Gasteiger partial charge in [-0.25, -0.2) is 0 Å².